The summed E-state index contributed by atoms with van der Waals surface area (Å²) in [4.78, 5) is 7.50. The molecule has 1 heterocycles. The van der Waals surface area contributed by atoms with Crippen LogP contribution in [0.3, 0.4) is 0 Å². The summed E-state index contributed by atoms with van der Waals surface area (Å²) in [7, 11) is 0. The quantitative estimate of drug-likeness (QED) is 0.342. The minimum absolute atomic E-state index is 0.383. The fraction of sp³-hybridized carbons (Fsp3) is 0. The summed E-state index contributed by atoms with van der Waals surface area (Å²) >= 11 is 0. The van der Waals surface area contributed by atoms with Gasteiger partial charge in [0.25, 0.3) is 0 Å². The number of hydrazine groups is 1. The first-order valence-corrected chi connectivity index (χ1v) is 2.37. The van der Waals surface area contributed by atoms with E-state index < -0.39 is 0 Å². The summed E-state index contributed by atoms with van der Waals surface area (Å²) in [6.07, 6.45) is 2.88. The maximum Gasteiger partial charge on any atom is 0.158 e. The molecule has 5 nitrogen and oxygen atoms in total. The second kappa shape index (κ2) is 2.27. The van der Waals surface area contributed by atoms with E-state index in [2.05, 4.69) is 15.4 Å². The highest BCUT2D eigenvalue weighted by molar-refractivity contribution is 5.34. The normalized spacial score (nSPS) is 9.00. The van der Waals surface area contributed by atoms with Gasteiger partial charge >= 0.3 is 0 Å². The molecule has 5 heteroatoms. The molecule has 9 heavy (non-hydrogen) atoms. The number of nitrogens with two attached hydrogens (primary N) is 2. The number of nitrogens with zero attached hydrogens (tertiary/aromatic N) is 2. The van der Waals surface area contributed by atoms with E-state index in [0.29, 0.717) is 11.6 Å². The average Bonchev–Trinajstić information content (AvgIpc) is 1.90. The van der Waals surface area contributed by atoms with E-state index in [1.54, 1.807) is 0 Å². The van der Waals surface area contributed by atoms with Crippen LogP contribution in [-0.2, 0) is 0 Å². The van der Waals surface area contributed by atoms with Gasteiger partial charge in [-0.25, -0.2) is 15.8 Å². The van der Waals surface area contributed by atoms with Gasteiger partial charge in [0.15, 0.2) is 5.82 Å². The average molecular weight is 125 g/mol. The number of hydrogen-bond donors (Lipinski definition) is 3. The Hall–Kier alpha value is -1.36. The number of nitrogen functional groups attached to an aromatic ring is 2. The second-order valence-electron chi connectivity index (χ2n) is 1.47. The van der Waals surface area contributed by atoms with Crippen LogP contribution in [-0.4, -0.2) is 9.97 Å². The largest absolute Gasteiger partial charge is 0.382 e. The maximum atomic E-state index is 5.24. The molecule has 0 spiro atoms. The van der Waals surface area contributed by atoms with Crippen molar-refractivity contribution in [3.05, 3.63) is 12.4 Å². The monoisotopic (exact) mass is 125 g/mol. The van der Waals surface area contributed by atoms with Crippen LogP contribution in [0.2, 0.25) is 0 Å². The minimum Gasteiger partial charge on any atom is -0.382 e. The first-order chi connectivity index (χ1) is 4.33. The molecule has 1 rings (SSSR count). The Morgan fingerprint density at radius 3 is 2.56 bits per heavy atom. The van der Waals surface area contributed by atoms with E-state index in [0.717, 1.165) is 0 Å². The number of aromatic nitrogens is 2. The Morgan fingerprint density at radius 2 is 2.11 bits per heavy atom. The van der Waals surface area contributed by atoms with Crippen LogP contribution in [0.25, 0.3) is 0 Å². The van der Waals surface area contributed by atoms with Gasteiger partial charge in [0.1, 0.15) is 5.82 Å². The highest BCUT2D eigenvalue weighted by atomic mass is 15.3. The first-order valence-electron chi connectivity index (χ1n) is 2.37. The third kappa shape index (κ3) is 1.26. The van der Waals surface area contributed by atoms with Crippen LogP contribution in [0.4, 0.5) is 11.6 Å². The Balaban J connectivity index is 2.88. The minimum atomic E-state index is 0.383. The molecule has 0 amide bonds. The Labute approximate surface area is 52.1 Å². The van der Waals surface area contributed by atoms with Gasteiger partial charge in [-0.1, -0.05) is 0 Å². The second-order valence-corrected chi connectivity index (χ2v) is 1.47. The van der Waals surface area contributed by atoms with Crippen molar-refractivity contribution < 1.29 is 0 Å². The zero-order chi connectivity index (χ0) is 6.69. The molecule has 0 aliphatic rings. The zero-order valence-electron chi connectivity index (χ0n) is 4.70. The van der Waals surface area contributed by atoms with E-state index in [4.69, 9.17) is 11.6 Å². The Bertz CT molecular complexity index is 181. The molecule has 0 atom stereocenters. The van der Waals surface area contributed by atoms with Crippen LogP contribution < -0.4 is 17.0 Å². The van der Waals surface area contributed by atoms with Crippen molar-refractivity contribution in [2.45, 2.75) is 0 Å². The van der Waals surface area contributed by atoms with Gasteiger partial charge in [0, 0.05) is 0 Å². The van der Waals surface area contributed by atoms with Gasteiger partial charge in [0.05, 0.1) is 12.4 Å². The molecular weight excluding hydrogens is 118 g/mol. The zero-order valence-corrected chi connectivity index (χ0v) is 4.70. The van der Waals surface area contributed by atoms with Crippen molar-refractivity contribution in [2.24, 2.45) is 5.84 Å². The fourth-order valence-corrected chi connectivity index (χ4v) is 0.413. The van der Waals surface area contributed by atoms with Gasteiger partial charge in [-0.2, -0.15) is 0 Å². The molecular formula is C4H7N5. The molecule has 5 N–H and O–H groups in total. The lowest BCUT2D eigenvalue weighted by Crippen LogP contribution is -2.08. The van der Waals surface area contributed by atoms with Gasteiger partial charge in [0.2, 0.25) is 0 Å². The third-order valence-electron chi connectivity index (χ3n) is 0.820. The summed E-state index contributed by atoms with van der Waals surface area (Å²) in [5.74, 6) is 5.89. The van der Waals surface area contributed by atoms with Crippen molar-refractivity contribution in [1.29, 1.82) is 0 Å². The topological polar surface area (TPSA) is 89.8 Å². The van der Waals surface area contributed by atoms with Crippen molar-refractivity contribution in [3.63, 3.8) is 0 Å². The van der Waals surface area contributed by atoms with Gasteiger partial charge < -0.3 is 11.2 Å². The van der Waals surface area contributed by atoms with Crippen molar-refractivity contribution >= 4 is 11.6 Å². The first kappa shape index (κ1) is 5.77. The molecule has 0 saturated carbocycles. The van der Waals surface area contributed by atoms with E-state index >= 15 is 0 Å². The van der Waals surface area contributed by atoms with E-state index in [1.165, 1.54) is 12.4 Å². The van der Waals surface area contributed by atoms with Crippen LogP contribution in [0.5, 0.6) is 0 Å². The Morgan fingerprint density at radius 1 is 1.33 bits per heavy atom. The fourth-order valence-electron chi connectivity index (χ4n) is 0.413. The SMILES string of the molecule is NNc1cnc(N)cn1. The molecule has 0 unspecified atom stereocenters. The number of anilines is 2. The highest BCUT2D eigenvalue weighted by Crippen LogP contribution is 1.97. The summed E-state index contributed by atoms with van der Waals surface area (Å²) in [5.41, 5.74) is 7.56. The van der Waals surface area contributed by atoms with E-state index in [9.17, 15) is 0 Å². The van der Waals surface area contributed by atoms with Crippen molar-refractivity contribution in [3.8, 4) is 0 Å². The predicted molar refractivity (Wildman–Crippen MR) is 34.3 cm³/mol. The molecule has 1 aromatic heterocycles. The molecule has 48 valence electrons. The highest BCUT2D eigenvalue weighted by Gasteiger charge is 1.87. The van der Waals surface area contributed by atoms with Crippen LogP contribution in [0.15, 0.2) is 12.4 Å². The summed E-state index contributed by atoms with van der Waals surface area (Å²) in [5, 5.41) is 0. The summed E-state index contributed by atoms with van der Waals surface area (Å²) in [6.45, 7) is 0. The summed E-state index contributed by atoms with van der Waals surface area (Å²) in [6, 6.07) is 0. The molecule has 0 radical (unpaired) electrons. The predicted octanol–water partition coefficient (Wildman–Crippen LogP) is -0.656. The number of nitrogens with one attached hydrogen (secondary N) is 1. The van der Waals surface area contributed by atoms with Crippen LogP contribution in [0, 0.1) is 0 Å². The van der Waals surface area contributed by atoms with Crippen molar-refractivity contribution in [2.75, 3.05) is 11.2 Å². The molecule has 0 aliphatic carbocycles. The molecule has 0 aromatic carbocycles. The van der Waals surface area contributed by atoms with E-state index in [1.807, 2.05) is 0 Å². The van der Waals surface area contributed by atoms with Gasteiger partial charge in [-0.15, -0.1) is 0 Å². The van der Waals surface area contributed by atoms with Crippen LogP contribution in [0.1, 0.15) is 0 Å². The van der Waals surface area contributed by atoms with Crippen LogP contribution >= 0.6 is 0 Å². The molecule has 1 aromatic rings. The molecule has 0 saturated heterocycles. The maximum absolute atomic E-state index is 5.24. The van der Waals surface area contributed by atoms with Gasteiger partial charge in [-0.05, 0) is 0 Å². The van der Waals surface area contributed by atoms with Crippen molar-refractivity contribution in [1.82, 2.24) is 9.97 Å². The van der Waals surface area contributed by atoms with E-state index in [-0.39, 0.29) is 0 Å². The Kier molecular flexibility index (Phi) is 1.46. The standard InChI is InChI=1S/C4H7N5/c5-3-1-8-4(9-6)2-7-3/h1-2H,6H2,(H2,5,7)(H,8,9). The molecule has 0 fully saturated rings. The lowest BCUT2D eigenvalue weighted by Gasteiger charge is -1.95. The summed E-state index contributed by atoms with van der Waals surface area (Å²) < 4.78 is 0. The van der Waals surface area contributed by atoms with Gasteiger partial charge in [-0.3, -0.25) is 0 Å². The lowest BCUT2D eigenvalue weighted by atomic mass is 10.6. The number of hydrogen-bond acceptors (Lipinski definition) is 5. The molecule has 0 bridgehead atoms. The molecule has 0 aliphatic heterocycles. The third-order valence-corrected chi connectivity index (χ3v) is 0.820. The lowest BCUT2D eigenvalue weighted by molar-refractivity contribution is 1.16. The smallest absolute Gasteiger partial charge is 0.158 e. The number of rotatable bonds is 1.